The number of nitrogens with one attached hydrogen (secondary N) is 1. The average molecular weight is 295 g/mol. The summed E-state index contributed by atoms with van der Waals surface area (Å²) >= 11 is 1.82. The van der Waals surface area contributed by atoms with Gasteiger partial charge in [0, 0.05) is 22.5 Å². The monoisotopic (exact) mass is 295 g/mol. The van der Waals surface area contributed by atoms with Crippen molar-refractivity contribution in [1.82, 2.24) is 9.78 Å². The van der Waals surface area contributed by atoms with Gasteiger partial charge in [-0.25, -0.2) is 4.68 Å². The van der Waals surface area contributed by atoms with E-state index in [1.165, 1.54) is 21.8 Å². The van der Waals surface area contributed by atoms with Crippen LogP contribution in [0.2, 0.25) is 0 Å². The van der Waals surface area contributed by atoms with E-state index in [1.54, 1.807) is 0 Å². The van der Waals surface area contributed by atoms with E-state index in [0.29, 0.717) is 6.04 Å². The van der Waals surface area contributed by atoms with Crippen LogP contribution in [0, 0.1) is 6.92 Å². The van der Waals surface area contributed by atoms with Crippen LogP contribution in [0.5, 0.6) is 0 Å². The molecule has 1 aliphatic rings. The molecule has 21 heavy (non-hydrogen) atoms. The lowest BCUT2D eigenvalue weighted by Gasteiger charge is -2.25. The Balaban J connectivity index is 1.84. The van der Waals surface area contributed by atoms with E-state index >= 15 is 0 Å². The highest BCUT2D eigenvalue weighted by Gasteiger charge is 2.26. The summed E-state index contributed by atoms with van der Waals surface area (Å²) in [6, 6.07) is 15.1. The topological polar surface area (TPSA) is 29.9 Å². The van der Waals surface area contributed by atoms with Crippen molar-refractivity contribution < 1.29 is 0 Å². The molecule has 0 fully saturated rings. The van der Waals surface area contributed by atoms with E-state index < -0.39 is 0 Å². The Labute approximate surface area is 128 Å². The van der Waals surface area contributed by atoms with Crippen molar-refractivity contribution in [2.24, 2.45) is 0 Å². The van der Waals surface area contributed by atoms with Gasteiger partial charge in [-0.3, -0.25) is 0 Å². The van der Waals surface area contributed by atoms with Crippen molar-refractivity contribution in [2.45, 2.75) is 19.4 Å². The van der Waals surface area contributed by atoms with Gasteiger partial charge in [0.25, 0.3) is 0 Å². The molecule has 106 valence electrons. The summed E-state index contributed by atoms with van der Waals surface area (Å²) < 4.78 is 2.17. The second-order valence-corrected chi connectivity index (χ2v) is 6.36. The summed E-state index contributed by atoms with van der Waals surface area (Å²) in [5.74, 6) is 1.17. The standard InChI is InChI=1S/C17H17N3S/c1-12-16(13-6-3-2-4-7-13)19-20-14(9-10-18-17(12)20)15-8-5-11-21-15/h2-8,11,14,18H,9-10H2,1H3. The summed E-state index contributed by atoms with van der Waals surface area (Å²) in [6.45, 7) is 3.16. The average Bonchev–Trinajstić information content (AvgIpc) is 3.17. The largest absolute Gasteiger partial charge is 0.370 e. The van der Waals surface area contributed by atoms with Crippen LogP contribution in [0.1, 0.15) is 22.9 Å². The molecular weight excluding hydrogens is 278 g/mol. The third kappa shape index (κ3) is 2.07. The van der Waals surface area contributed by atoms with Crippen molar-refractivity contribution in [3.05, 3.63) is 58.3 Å². The number of anilines is 1. The second kappa shape index (κ2) is 5.04. The van der Waals surface area contributed by atoms with Crippen LogP contribution in [0.15, 0.2) is 47.8 Å². The summed E-state index contributed by atoms with van der Waals surface area (Å²) in [4.78, 5) is 1.39. The van der Waals surface area contributed by atoms with Crippen LogP contribution >= 0.6 is 11.3 Å². The molecule has 1 aliphatic heterocycles. The first-order valence-electron chi connectivity index (χ1n) is 7.26. The molecule has 0 saturated heterocycles. The third-order valence-corrected chi connectivity index (χ3v) is 5.05. The van der Waals surface area contributed by atoms with E-state index in [2.05, 4.69) is 58.7 Å². The zero-order valence-electron chi connectivity index (χ0n) is 11.9. The predicted molar refractivity (Wildman–Crippen MR) is 88.0 cm³/mol. The molecule has 3 aromatic rings. The van der Waals surface area contributed by atoms with Gasteiger partial charge in [-0.1, -0.05) is 36.4 Å². The molecule has 1 atom stereocenters. The van der Waals surface area contributed by atoms with Crippen molar-refractivity contribution in [3.63, 3.8) is 0 Å². The van der Waals surface area contributed by atoms with E-state index in [4.69, 9.17) is 5.10 Å². The molecule has 4 heteroatoms. The summed E-state index contributed by atoms with van der Waals surface area (Å²) in [6.07, 6.45) is 1.09. The van der Waals surface area contributed by atoms with Crippen LogP contribution in [-0.2, 0) is 0 Å². The number of hydrogen-bond acceptors (Lipinski definition) is 3. The molecule has 0 spiro atoms. The summed E-state index contributed by atoms with van der Waals surface area (Å²) in [7, 11) is 0. The van der Waals surface area contributed by atoms with Gasteiger partial charge in [-0.15, -0.1) is 11.3 Å². The molecule has 1 unspecified atom stereocenters. The van der Waals surface area contributed by atoms with Crippen LogP contribution in [0.25, 0.3) is 11.3 Å². The maximum atomic E-state index is 4.92. The van der Waals surface area contributed by atoms with Crippen molar-refractivity contribution in [3.8, 4) is 11.3 Å². The molecule has 0 aliphatic carbocycles. The first kappa shape index (κ1) is 12.7. The summed E-state index contributed by atoms with van der Waals surface area (Å²) in [5.41, 5.74) is 3.51. The van der Waals surface area contributed by atoms with E-state index in [0.717, 1.165) is 18.7 Å². The molecular formula is C17H17N3S. The highest BCUT2D eigenvalue weighted by atomic mass is 32.1. The lowest BCUT2D eigenvalue weighted by atomic mass is 10.1. The molecule has 0 amide bonds. The van der Waals surface area contributed by atoms with E-state index in [-0.39, 0.29) is 0 Å². The Bertz CT molecular complexity index is 744. The molecule has 0 saturated carbocycles. The van der Waals surface area contributed by atoms with Crippen molar-refractivity contribution in [1.29, 1.82) is 0 Å². The first-order chi connectivity index (χ1) is 10.3. The van der Waals surface area contributed by atoms with Gasteiger partial charge in [0.1, 0.15) is 5.82 Å². The predicted octanol–water partition coefficient (Wildman–Crippen LogP) is 4.33. The molecule has 0 bridgehead atoms. The van der Waals surface area contributed by atoms with Gasteiger partial charge in [0.05, 0.1) is 11.7 Å². The molecule has 3 nitrogen and oxygen atoms in total. The number of benzene rings is 1. The minimum absolute atomic E-state index is 0.359. The Hall–Kier alpha value is -2.07. The zero-order chi connectivity index (χ0) is 14.2. The van der Waals surface area contributed by atoms with Crippen LogP contribution < -0.4 is 5.32 Å². The third-order valence-electron chi connectivity index (χ3n) is 4.07. The molecule has 0 radical (unpaired) electrons. The lowest BCUT2D eigenvalue weighted by molar-refractivity contribution is 0.489. The lowest BCUT2D eigenvalue weighted by Crippen LogP contribution is -2.24. The van der Waals surface area contributed by atoms with Crippen molar-refractivity contribution >= 4 is 17.2 Å². The normalized spacial score (nSPS) is 17.3. The number of fused-ring (bicyclic) bond motifs is 1. The molecule has 1 N–H and O–H groups in total. The van der Waals surface area contributed by atoms with Crippen LogP contribution in [-0.4, -0.2) is 16.3 Å². The number of rotatable bonds is 2. The van der Waals surface area contributed by atoms with Crippen LogP contribution in [0.4, 0.5) is 5.82 Å². The maximum Gasteiger partial charge on any atom is 0.128 e. The van der Waals surface area contributed by atoms with Gasteiger partial charge >= 0.3 is 0 Å². The van der Waals surface area contributed by atoms with E-state index in [1.807, 2.05) is 17.4 Å². The SMILES string of the molecule is Cc1c(-c2ccccc2)nn2c1NCCC2c1cccs1. The number of nitrogens with zero attached hydrogens (tertiary/aromatic N) is 2. The van der Waals surface area contributed by atoms with Gasteiger partial charge in [-0.2, -0.15) is 5.10 Å². The fourth-order valence-electron chi connectivity index (χ4n) is 3.02. The number of hydrogen-bond donors (Lipinski definition) is 1. The van der Waals surface area contributed by atoms with Gasteiger partial charge < -0.3 is 5.32 Å². The molecule has 1 aromatic carbocycles. The Morgan fingerprint density at radius 1 is 1.19 bits per heavy atom. The number of aromatic nitrogens is 2. The summed E-state index contributed by atoms with van der Waals surface area (Å²) in [5, 5.41) is 10.6. The van der Waals surface area contributed by atoms with Gasteiger partial charge in [0.2, 0.25) is 0 Å². The first-order valence-corrected chi connectivity index (χ1v) is 8.14. The van der Waals surface area contributed by atoms with E-state index in [9.17, 15) is 0 Å². The Morgan fingerprint density at radius 3 is 2.81 bits per heavy atom. The van der Waals surface area contributed by atoms with Gasteiger partial charge in [0.15, 0.2) is 0 Å². The molecule has 2 aromatic heterocycles. The molecule has 4 rings (SSSR count). The fraction of sp³-hybridized carbons (Fsp3) is 0.235. The maximum absolute atomic E-state index is 4.92. The Kier molecular flexibility index (Phi) is 3.04. The molecule has 3 heterocycles. The second-order valence-electron chi connectivity index (χ2n) is 5.38. The minimum Gasteiger partial charge on any atom is -0.370 e. The fourth-order valence-corrected chi connectivity index (χ4v) is 3.87. The van der Waals surface area contributed by atoms with Crippen molar-refractivity contribution in [2.75, 3.05) is 11.9 Å². The quantitative estimate of drug-likeness (QED) is 0.763. The Morgan fingerprint density at radius 2 is 2.05 bits per heavy atom. The highest BCUT2D eigenvalue weighted by Crippen LogP contribution is 2.37. The zero-order valence-corrected chi connectivity index (χ0v) is 12.7. The highest BCUT2D eigenvalue weighted by molar-refractivity contribution is 7.10. The smallest absolute Gasteiger partial charge is 0.128 e. The van der Waals surface area contributed by atoms with Gasteiger partial charge in [-0.05, 0) is 24.8 Å². The minimum atomic E-state index is 0.359. The number of thiophene rings is 1. The van der Waals surface area contributed by atoms with Crippen LogP contribution in [0.3, 0.4) is 0 Å².